The van der Waals surface area contributed by atoms with Gasteiger partial charge in [-0.15, -0.1) is 0 Å². The zero-order valence-electron chi connectivity index (χ0n) is 9.78. The molecular weight excluding hydrogens is 224 g/mol. The summed E-state index contributed by atoms with van der Waals surface area (Å²) in [5.74, 6) is -5.00. The van der Waals surface area contributed by atoms with Crippen molar-refractivity contribution < 1.29 is 24.4 Å². The van der Waals surface area contributed by atoms with Crippen LogP contribution in [0.2, 0.25) is 0 Å². The van der Waals surface area contributed by atoms with Crippen molar-refractivity contribution in [2.75, 3.05) is 0 Å². The Hall–Kier alpha value is -0.200. The first-order valence-electron chi connectivity index (χ1n) is 6.59. The normalized spacial score (nSPS) is 61.1. The van der Waals surface area contributed by atoms with E-state index in [0.717, 1.165) is 25.7 Å². The highest BCUT2D eigenvalue weighted by molar-refractivity contribution is 5.12. The third-order valence-electron chi connectivity index (χ3n) is 4.73. The molecule has 4 unspecified atom stereocenters. The summed E-state index contributed by atoms with van der Waals surface area (Å²) in [5.41, 5.74) is 0. The fourth-order valence-corrected chi connectivity index (χ4v) is 3.85. The lowest BCUT2D eigenvalue weighted by atomic mass is 9.84. The SMILES string of the molecule is OC12CCCCC13OC1(O)CCCCC1(O2)O3. The summed E-state index contributed by atoms with van der Waals surface area (Å²) in [5, 5.41) is 21.1. The van der Waals surface area contributed by atoms with Crippen molar-refractivity contribution in [3.63, 3.8) is 0 Å². The van der Waals surface area contributed by atoms with Crippen LogP contribution in [-0.2, 0) is 14.2 Å². The van der Waals surface area contributed by atoms with Crippen LogP contribution in [0.15, 0.2) is 0 Å². The van der Waals surface area contributed by atoms with Crippen LogP contribution in [0.1, 0.15) is 51.4 Å². The first kappa shape index (κ1) is 10.7. The molecule has 2 N–H and O–H groups in total. The molecule has 0 amide bonds. The quantitative estimate of drug-likeness (QED) is 0.662. The molecule has 2 saturated carbocycles. The van der Waals surface area contributed by atoms with E-state index in [0.29, 0.717) is 25.7 Å². The minimum atomic E-state index is -1.37. The molecule has 2 aliphatic heterocycles. The van der Waals surface area contributed by atoms with Crippen LogP contribution in [0, 0.1) is 0 Å². The van der Waals surface area contributed by atoms with Gasteiger partial charge in [0.2, 0.25) is 23.1 Å². The van der Waals surface area contributed by atoms with Gasteiger partial charge in [0.25, 0.3) is 0 Å². The minimum Gasteiger partial charge on any atom is -0.361 e. The van der Waals surface area contributed by atoms with E-state index < -0.39 is 23.1 Å². The molecule has 4 fully saturated rings. The molecule has 0 aromatic carbocycles. The average Bonchev–Trinajstić information content (AvgIpc) is 2.68. The van der Waals surface area contributed by atoms with E-state index >= 15 is 0 Å². The van der Waals surface area contributed by atoms with Gasteiger partial charge in [0.1, 0.15) is 0 Å². The molecule has 5 heteroatoms. The molecule has 5 nitrogen and oxygen atoms in total. The highest BCUT2D eigenvalue weighted by atomic mass is 17.0. The molecule has 17 heavy (non-hydrogen) atoms. The van der Waals surface area contributed by atoms with Crippen LogP contribution in [-0.4, -0.2) is 33.4 Å². The van der Waals surface area contributed by atoms with E-state index in [9.17, 15) is 10.2 Å². The summed E-state index contributed by atoms with van der Waals surface area (Å²) in [4.78, 5) is 0. The zero-order valence-corrected chi connectivity index (χ0v) is 9.78. The molecule has 96 valence electrons. The summed E-state index contributed by atoms with van der Waals surface area (Å²) >= 11 is 0. The van der Waals surface area contributed by atoms with E-state index in [2.05, 4.69) is 0 Å². The van der Waals surface area contributed by atoms with Crippen LogP contribution in [0.4, 0.5) is 0 Å². The van der Waals surface area contributed by atoms with E-state index in [1.54, 1.807) is 0 Å². The lowest BCUT2D eigenvalue weighted by Gasteiger charge is -2.49. The van der Waals surface area contributed by atoms with E-state index in [-0.39, 0.29) is 0 Å². The maximum atomic E-state index is 10.6. The van der Waals surface area contributed by atoms with Gasteiger partial charge in [-0.25, -0.2) is 0 Å². The lowest BCUT2D eigenvalue weighted by Crippen LogP contribution is -2.65. The topological polar surface area (TPSA) is 68.2 Å². The van der Waals surface area contributed by atoms with Crippen molar-refractivity contribution in [2.45, 2.75) is 74.5 Å². The summed E-state index contributed by atoms with van der Waals surface area (Å²) < 4.78 is 17.5. The fraction of sp³-hybridized carbons (Fsp3) is 1.00. The summed E-state index contributed by atoms with van der Waals surface area (Å²) in [6.45, 7) is 0. The molecule has 0 aromatic heterocycles. The van der Waals surface area contributed by atoms with Crippen molar-refractivity contribution in [1.29, 1.82) is 0 Å². The van der Waals surface area contributed by atoms with Crippen LogP contribution < -0.4 is 0 Å². The molecule has 2 spiro atoms. The predicted octanol–water partition coefficient (Wildman–Crippen LogP) is 0.981. The van der Waals surface area contributed by atoms with Crippen LogP contribution in [0.5, 0.6) is 0 Å². The summed E-state index contributed by atoms with van der Waals surface area (Å²) in [7, 11) is 0. The molecular formula is C12H18O5. The third-order valence-corrected chi connectivity index (χ3v) is 4.73. The van der Waals surface area contributed by atoms with Gasteiger partial charge in [0.15, 0.2) is 0 Å². The van der Waals surface area contributed by atoms with Gasteiger partial charge in [0.05, 0.1) is 0 Å². The van der Waals surface area contributed by atoms with Crippen molar-refractivity contribution in [1.82, 2.24) is 0 Å². The largest absolute Gasteiger partial charge is 0.361 e. The Morgan fingerprint density at radius 1 is 0.588 bits per heavy atom. The summed E-state index contributed by atoms with van der Waals surface area (Å²) in [6.07, 6.45) is 5.88. The fourth-order valence-electron chi connectivity index (χ4n) is 3.85. The first-order valence-corrected chi connectivity index (χ1v) is 6.59. The smallest absolute Gasteiger partial charge is 0.229 e. The van der Waals surface area contributed by atoms with Crippen LogP contribution in [0.25, 0.3) is 0 Å². The molecule has 4 rings (SSSR count). The summed E-state index contributed by atoms with van der Waals surface area (Å²) in [6, 6.07) is 0. The van der Waals surface area contributed by atoms with Gasteiger partial charge < -0.3 is 24.4 Å². The second-order valence-corrected chi connectivity index (χ2v) is 5.79. The van der Waals surface area contributed by atoms with Crippen molar-refractivity contribution >= 4 is 0 Å². The molecule has 0 radical (unpaired) electrons. The maximum Gasteiger partial charge on any atom is 0.229 e. The molecule has 2 heterocycles. The Bertz CT molecular complexity index is 332. The Morgan fingerprint density at radius 2 is 1.00 bits per heavy atom. The van der Waals surface area contributed by atoms with Gasteiger partial charge in [0, 0.05) is 25.7 Å². The monoisotopic (exact) mass is 242 g/mol. The lowest BCUT2D eigenvalue weighted by molar-refractivity contribution is -0.436. The second-order valence-electron chi connectivity index (χ2n) is 5.79. The van der Waals surface area contributed by atoms with Crippen molar-refractivity contribution in [2.24, 2.45) is 0 Å². The molecule has 2 saturated heterocycles. The first-order chi connectivity index (χ1) is 8.04. The Balaban J connectivity index is 1.80. The van der Waals surface area contributed by atoms with Gasteiger partial charge in [-0.2, -0.15) is 0 Å². The van der Waals surface area contributed by atoms with Gasteiger partial charge in [-0.3, -0.25) is 0 Å². The highest BCUT2D eigenvalue weighted by Gasteiger charge is 2.81. The second kappa shape index (κ2) is 2.86. The number of ether oxygens (including phenoxy) is 3. The molecule has 4 aliphatic rings. The van der Waals surface area contributed by atoms with E-state index in [1.807, 2.05) is 0 Å². The third kappa shape index (κ3) is 1.04. The van der Waals surface area contributed by atoms with Crippen LogP contribution >= 0.6 is 0 Å². The maximum absolute atomic E-state index is 10.6. The Labute approximate surface area is 99.7 Å². The average molecular weight is 242 g/mol. The van der Waals surface area contributed by atoms with Crippen molar-refractivity contribution in [3.8, 4) is 0 Å². The molecule has 2 aliphatic carbocycles. The van der Waals surface area contributed by atoms with Crippen molar-refractivity contribution in [3.05, 3.63) is 0 Å². The van der Waals surface area contributed by atoms with E-state index in [1.165, 1.54) is 0 Å². The molecule has 2 bridgehead atoms. The number of hydrogen-bond donors (Lipinski definition) is 2. The molecule has 4 atom stereocenters. The van der Waals surface area contributed by atoms with Crippen LogP contribution in [0.3, 0.4) is 0 Å². The van der Waals surface area contributed by atoms with Gasteiger partial charge in [-0.1, -0.05) is 0 Å². The number of hydrogen-bond acceptors (Lipinski definition) is 5. The highest BCUT2D eigenvalue weighted by Crippen LogP contribution is 2.65. The Kier molecular flexibility index (Phi) is 1.80. The van der Waals surface area contributed by atoms with Gasteiger partial charge in [-0.05, 0) is 25.7 Å². The zero-order chi connectivity index (χ0) is 11.8. The number of aliphatic hydroxyl groups is 2. The standard InChI is InChI=1S/C12H18O5/c13-9-5-1-3-7-11(9)16-10(14)6-2-4-8-12(10,15-9)17-11/h13-14H,1-8H2. The predicted molar refractivity (Wildman–Crippen MR) is 55.6 cm³/mol. The molecule has 0 aromatic rings. The van der Waals surface area contributed by atoms with E-state index in [4.69, 9.17) is 14.2 Å². The minimum absolute atomic E-state index is 0.519. The number of rotatable bonds is 0. The Morgan fingerprint density at radius 3 is 1.47 bits per heavy atom. The van der Waals surface area contributed by atoms with Gasteiger partial charge >= 0.3 is 0 Å².